The van der Waals surface area contributed by atoms with Gasteiger partial charge in [-0.05, 0) is 24.3 Å². The van der Waals surface area contributed by atoms with E-state index < -0.39 is 12.7 Å². The van der Waals surface area contributed by atoms with E-state index in [1.54, 1.807) is 12.4 Å². The first-order valence-corrected chi connectivity index (χ1v) is 10.4. The number of imidazole rings is 1. The summed E-state index contributed by atoms with van der Waals surface area (Å²) >= 11 is 0. The molecule has 0 amide bonds. The molecule has 0 spiro atoms. The van der Waals surface area contributed by atoms with Crippen LogP contribution in [0.5, 0.6) is 0 Å². The predicted molar refractivity (Wildman–Crippen MR) is 116 cm³/mol. The number of aromatic nitrogens is 4. The molecule has 6 nitrogen and oxygen atoms in total. The van der Waals surface area contributed by atoms with Gasteiger partial charge < -0.3 is 4.90 Å². The molecular formula is C23H21F3N6. The summed E-state index contributed by atoms with van der Waals surface area (Å²) in [6.45, 7) is 0.783. The maximum atomic E-state index is 12.7. The molecule has 0 radical (unpaired) electrons. The number of rotatable bonds is 4. The van der Waals surface area contributed by atoms with Crippen LogP contribution in [0.1, 0.15) is 0 Å². The molecule has 0 atom stereocenters. The van der Waals surface area contributed by atoms with Crippen molar-refractivity contribution in [1.82, 2.24) is 24.5 Å². The summed E-state index contributed by atoms with van der Waals surface area (Å²) in [7, 11) is 0. The van der Waals surface area contributed by atoms with Gasteiger partial charge in [-0.1, -0.05) is 30.3 Å². The normalized spacial score (nSPS) is 15.4. The Kier molecular flexibility index (Phi) is 5.26. The van der Waals surface area contributed by atoms with Crippen molar-refractivity contribution in [2.24, 2.45) is 0 Å². The summed E-state index contributed by atoms with van der Waals surface area (Å²) in [6.07, 6.45) is -0.718. The highest BCUT2D eigenvalue weighted by molar-refractivity contribution is 5.81. The van der Waals surface area contributed by atoms with Crippen LogP contribution >= 0.6 is 0 Å². The summed E-state index contributed by atoms with van der Waals surface area (Å²) in [5.41, 5.74) is 4.29. The molecule has 32 heavy (non-hydrogen) atoms. The van der Waals surface area contributed by atoms with E-state index in [1.807, 2.05) is 64.0 Å². The fourth-order valence-corrected chi connectivity index (χ4v) is 4.05. The zero-order chi connectivity index (χ0) is 22.1. The van der Waals surface area contributed by atoms with Gasteiger partial charge in [-0.2, -0.15) is 13.2 Å². The topological polar surface area (TPSA) is 49.6 Å². The smallest absolute Gasteiger partial charge is 0.353 e. The fourth-order valence-electron chi connectivity index (χ4n) is 4.05. The van der Waals surface area contributed by atoms with Crippen LogP contribution < -0.4 is 4.90 Å². The number of halogens is 3. The van der Waals surface area contributed by atoms with Gasteiger partial charge in [0.1, 0.15) is 11.5 Å². The van der Waals surface area contributed by atoms with Crippen molar-refractivity contribution in [1.29, 1.82) is 0 Å². The lowest BCUT2D eigenvalue weighted by molar-refractivity contribution is -0.146. The standard InChI is InChI=1S/C23H21F3N6/c24-23(25,26)16-30-12-14-31(15-13-30)20-7-6-19-28-21(17-4-2-1-3-5-17)22(32(19)29-20)18-8-10-27-11-9-18/h1-11H,12-16H2. The minimum atomic E-state index is -4.18. The molecule has 0 N–H and O–H groups in total. The molecule has 1 fully saturated rings. The SMILES string of the molecule is FC(F)(F)CN1CCN(c2ccc3nc(-c4ccccc4)c(-c4ccncc4)n3n2)CC1. The molecule has 9 heteroatoms. The number of piperazine rings is 1. The van der Waals surface area contributed by atoms with Gasteiger partial charge in [0.05, 0.1) is 12.2 Å². The van der Waals surface area contributed by atoms with Crippen LogP contribution in [0.2, 0.25) is 0 Å². The number of benzene rings is 1. The van der Waals surface area contributed by atoms with Crippen LogP contribution in [0.15, 0.2) is 67.0 Å². The first kappa shape index (κ1) is 20.4. The zero-order valence-corrected chi connectivity index (χ0v) is 17.2. The number of pyridine rings is 1. The molecular weight excluding hydrogens is 417 g/mol. The number of nitrogens with zero attached hydrogens (tertiary/aromatic N) is 6. The van der Waals surface area contributed by atoms with Gasteiger partial charge in [0.15, 0.2) is 5.65 Å². The Bertz CT molecular complexity index is 1200. The minimum absolute atomic E-state index is 0.343. The first-order chi connectivity index (χ1) is 15.5. The summed E-state index contributed by atoms with van der Waals surface area (Å²) in [5, 5.41) is 4.84. The van der Waals surface area contributed by atoms with Crippen molar-refractivity contribution in [2.45, 2.75) is 6.18 Å². The Morgan fingerprint density at radius 2 is 1.53 bits per heavy atom. The second-order valence-electron chi connectivity index (χ2n) is 7.75. The highest BCUT2D eigenvalue weighted by atomic mass is 19.4. The van der Waals surface area contributed by atoms with E-state index in [0.29, 0.717) is 31.8 Å². The summed E-state index contributed by atoms with van der Waals surface area (Å²) in [6, 6.07) is 17.5. The quantitative estimate of drug-likeness (QED) is 0.479. The maximum Gasteiger partial charge on any atom is 0.401 e. The van der Waals surface area contributed by atoms with Crippen molar-refractivity contribution in [2.75, 3.05) is 37.6 Å². The molecule has 164 valence electrons. The Labute approximate surface area is 182 Å². The molecule has 0 saturated carbocycles. The number of alkyl halides is 3. The molecule has 4 aromatic rings. The summed E-state index contributed by atoms with van der Waals surface area (Å²) in [4.78, 5) is 12.4. The van der Waals surface area contributed by atoms with Gasteiger partial charge in [0.2, 0.25) is 0 Å². The van der Waals surface area contributed by atoms with Crippen molar-refractivity contribution in [3.8, 4) is 22.5 Å². The maximum absolute atomic E-state index is 12.7. The number of anilines is 1. The third-order valence-electron chi connectivity index (χ3n) is 5.56. The van der Waals surface area contributed by atoms with Crippen LogP contribution in [-0.4, -0.2) is 63.4 Å². The predicted octanol–water partition coefficient (Wildman–Crippen LogP) is 4.14. The van der Waals surface area contributed by atoms with Crippen LogP contribution in [0.3, 0.4) is 0 Å². The average molecular weight is 438 g/mol. The van der Waals surface area contributed by atoms with Gasteiger partial charge >= 0.3 is 6.18 Å². The van der Waals surface area contributed by atoms with E-state index in [9.17, 15) is 13.2 Å². The highest BCUT2D eigenvalue weighted by Gasteiger charge is 2.32. The molecule has 4 heterocycles. The Hall–Kier alpha value is -3.46. The van der Waals surface area contributed by atoms with Crippen LogP contribution in [0.4, 0.5) is 19.0 Å². The van der Waals surface area contributed by atoms with Crippen LogP contribution in [0.25, 0.3) is 28.2 Å². The van der Waals surface area contributed by atoms with Crippen LogP contribution in [-0.2, 0) is 0 Å². The van der Waals surface area contributed by atoms with Gasteiger partial charge in [0, 0.05) is 49.7 Å². The van der Waals surface area contributed by atoms with E-state index >= 15 is 0 Å². The van der Waals surface area contributed by atoms with Gasteiger partial charge in [0.25, 0.3) is 0 Å². The molecule has 1 saturated heterocycles. The van der Waals surface area contributed by atoms with Gasteiger partial charge in [-0.25, -0.2) is 9.50 Å². The molecule has 5 rings (SSSR count). The Morgan fingerprint density at radius 3 is 2.22 bits per heavy atom. The first-order valence-electron chi connectivity index (χ1n) is 10.4. The zero-order valence-electron chi connectivity index (χ0n) is 17.2. The average Bonchev–Trinajstić information content (AvgIpc) is 3.18. The summed E-state index contributed by atoms with van der Waals surface area (Å²) < 4.78 is 39.9. The molecule has 0 bridgehead atoms. The van der Waals surface area contributed by atoms with E-state index in [4.69, 9.17) is 10.1 Å². The van der Waals surface area contributed by atoms with Crippen molar-refractivity contribution < 1.29 is 13.2 Å². The number of hydrogen-bond acceptors (Lipinski definition) is 5. The fraction of sp³-hybridized carbons (Fsp3) is 0.261. The van der Waals surface area contributed by atoms with Crippen LogP contribution in [0, 0.1) is 0 Å². The molecule has 0 unspecified atom stereocenters. The molecule has 1 aliphatic rings. The molecule has 3 aromatic heterocycles. The number of fused-ring (bicyclic) bond motifs is 1. The van der Waals surface area contributed by atoms with Crippen molar-refractivity contribution >= 4 is 11.5 Å². The molecule has 1 aliphatic heterocycles. The van der Waals surface area contributed by atoms with Crippen molar-refractivity contribution in [3.63, 3.8) is 0 Å². The highest BCUT2D eigenvalue weighted by Crippen LogP contribution is 2.32. The molecule has 0 aliphatic carbocycles. The van der Waals surface area contributed by atoms with Crippen molar-refractivity contribution in [3.05, 3.63) is 67.0 Å². The lowest BCUT2D eigenvalue weighted by Gasteiger charge is -2.35. The largest absolute Gasteiger partial charge is 0.401 e. The Morgan fingerprint density at radius 1 is 0.812 bits per heavy atom. The summed E-state index contributed by atoms with van der Waals surface area (Å²) in [5.74, 6) is 0.719. The van der Waals surface area contributed by atoms with E-state index in [-0.39, 0.29) is 0 Å². The Balaban J connectivity index is 1.51. The third-order valence-corrected chi connectivity index (χ3v) is 5.56. The van der Waals surface area contributed by atoms with Gasteiger partial charge in [-0.3, -0.25) is 9.88 Å². The second-order valence-corrected chi connectivity index (χ2v) is 7.75. The monoisotopic (exact) mass is 438 g/mol. The minimum Gasteiger partial charge on any atom is -0.353 e. The van der Waals surface area contributed by atoms with E-state index in [1.165, 1.54) is 4.90 Å². The third kappa shape index (κ3) is 4.16. The van der Waals surface area contributed by atoms with E-state index in [0.717, 1.165) is 28.3 Å². The van der Waals surface area contributed by atoms with E-state index in [2.05, 4.69) is 4.98 Å². The second kappa shape index (κ2) is 8.23. The number of hydrogen-bond donors (Lipinski definition) is 0. The lowest BCUT2D eigenvalue weighted by Crippen LogP contribution is -2.49. The molecule has 1 aromatic carbocycles. The van der Waals surface area contributed by atoms with Gasteiger partial charge in [-0.15, -0.1) is 5.10 Å². The lowest BCUT2D eigenvalue weighted by atomic mass is 10.1.